The molecular weight excluding hydrogens is 270 g/mol. The number of nitrogens with one attached hydrogen (secondary N) is 1. The summed E-state index contributed by atoms with van der Waals surface area (Å²) in [6.45, 7) is 1.82. The van der Waals surface area contributed by atoms with Gasteiger partial charge in [0.05, 0.1) is 11.5 Å². The number of nitrogens with zero attached hydrogens (tertiary/aromatic N) is 2. The number of aromatic nitrogens is 1. The highest BCUT2D eigenvalue weighted by Crippen LogP contribution is 2.07. The summed E-state index contributed by atoms with van der Waals surface area (Å²) in [7, 11) is 3.20. The van der Waals surface area contributed by atoms with Gasteiger partial charge >= 0.3 is 0 Å². The average Bonchev–Trinajstić information content (AvgIpc) is 2.51. The Kier molecular flexibility index (Phi) is 6.37. The average molecular weight is 289 g/mol. The van der Waals surface area contributed by atoms with Crippen molar-refractivity contribution in [1.29, 1.82) is 0 Å². The molecule has 1 unspecified atom stereocenters. The van der Waals surface area contributed by atoms with Gasteiger partial charge in [-0.2, -0.15) is 0 Å². The Morgan fingerprint density at radius 1 is 1.48 bits per heavy atom. The van der Waals surface area contributed by atoms with E-state index >= 15 is 0 Å². The van der Waals surface area contributed by atoms with Crippen molar-refractivity contribution in [2.24, 2.45) is 5.92 Å². The van der Waals surface area contributed by atoms with E-state index in [9.17, 15) is 9.59 Å². The normalized spacial score (nSPS) is 11.0. The molecule has 0 bridgehead atoms. The first-order valence-corrected chi connectivity index (χ1v) is 6.51. The van der Waals surface area contributed by atoms with Crippen LogP contribution in [-0.2, 0) is 4.79 Å². The number of hydrogen-bond acceptors (Lipinski definition) is 4. The Hall–Kier alpha value is -2.39. The van der Waals surface area contributed by atoms with Gasteiger partial charge in [0.15, 0.2) is 0 Å². The van der Waals surface area contributed by atoms with Crippen LogP contribution in [0, 0.1) is 17.8 Å². The van der Waals surface area contributed by atoms with Crippen LogP contribution in [0.2, 0.25) is 0 Å². The molecule has 6 heteroatoms. The topological polar surface area (TPSA) is 82.5 Å². The van der Waals surface area contributed by atoms with E-state index < -0.39 is 0 Å². The second-order valence-corrected chi connectivity index (χ2v) is 4.62. The lowest BCUT2D eigenvalue weighted by Gasteiger charge is -2.20. The van der Waals surface area contributed by atoms with Crippen LogP contribution in [0.3, 0.4) is 0 Å². The van der Waals surface area contributed by atoms with Crippen molar-refractivity contribution in [3.8, 4) is 11.8 Å². The smallest absolute Gasteiger partial charge is 0.255 e. The molecule has 2 N–H and O–H groups in total. The van der Waals surface area contributed by atoms with Gasteiger partial charge < -0.3 is 15.3 Å². The monoisotopic (exact) mass is 289 g/mol. The molecule has 1 rings (SSSR count). The molecule has 0 aliphatic carbocycles. The van der Waals surface area contributed by atoms with E-state index in [-0.39, 0.29) is 24.3 Å². The second-order valence-electron chi connectivity index (χ2n) is 4.62. The largest absolute Gasteiger partial charge is 0.384 e. The van der Waals surface area contributed by atoms with Crippen LogP contribution in [0.25, 0.3) is 0 Å². The first-order valence-electron chi connectivity index (χ1n) is 6.51. The number of aliphatic hydroxyl groups excluding tert-OH is 1. The highest BCUT2D eigenvalue weighted by molar-refractivity contribution is 5.94. The zero-order valence-electron chi connectivity index (χ0n) is 12.4. The van der Waals surface area contributed by atoms with Crippen molar-refractivity contribution < 1.29 is 14.7 Å². The van der Waals surface area contributed by atoms with Crippen molar-refractivity contribution in [2.75, 3.05) is 27.2 Å². The third-order valence-electron chi connectivity index (χ3n) is 2.89. The fraction of sp³-hybridized carbons (Fsp3) is 0.400. The molecule has 0 fully saturated rings. The molecule has 0 aliphatic heterocycles. The summed E-state index contributed by atoms with van der Waals surface area (Å²) in [4.78, 5) is 29.2. The molecule has 112 valence electrons. The molecule has 0 aromatic carbocycles. The number of amides is 2. The molecule has 0 saturated heterocycles. The van der Waals surface area contributed by atoms with Crippen LogP contribution in [0.1, 0.15) is 22.8 Å². The summed E-state index contributed by atoms with van der Waals surface area (Å²) in [5.74, 6) is 4.56. The number of hydrogen-bond donors (Lipinski definition) is 2. The standard InChI is InChI=1S/C15H19N3O3/c1-11(14(20)16-2)10-18(3)15(21)13-7-12(5-4-6-19)8-17-9-13/h7-9,11,19H,6,10H2,1-3H3,(H,16,20). The molecule has 2 amide bonds. The van der Waals surface area contributed by atoms with Crippen LogP contribution in [0.5, 0.6) is 0 Å². The van der Waals surface area contributed by atoms with Gasteiger partial charge in [0.2, 0.25) is 5.91 Å². The van der Waals surface area contributed by atoms with E-state index in [1.165, 1.54) is 17.3 Å². The van der Waals surface area contributed by atoms with Crippen LogP contribution < -0.4 is 5.32 Å². The fourth-order valence-corrected chi connectivity index (χ4v) is 1.81. The molecule has 1 aromatic heterocycles. The third kappa shape index (κ3) is 4.89. The quantitative estimate of drug-likeness (QED) is 0.757. The lowest BCUT2D eigenvalue weighted by molar-refractivity contribution is -0.124. The molecule has 1 aromatic rings. The van der Waals surface area contributed by atoms with Crippen LogP contribution in [0.4, 0.5) is 0 Å². The van der Waals surface area contributed by atoms with Crippen LogP contribution in [0.15, 0.2) is 18.5 Å². The van der Waals surface area contributed by atoms with Crippen molar-refractivity contribution >= 4 is 11.8 Å². The van der Waals surface area contributed by atoms with E-state index in [4.69, 9.17) is 5.11 Å². The maximum atomic E-state index is 12.3. The molecule has 0 saturated carbocycles. The predicted molar refractivity (Wildman–Crippen MR) is 78.4 cm³/mol. The van der Waals surface area contributed by atoms with Gasteiger partial charge in [-0.15, -0.1) is 0 Å². The second kappa shape index (κ2) is 8.02. The lowest BCUT2D eigenvalue weighted by atomic mass is 10.1. The maximum Gasteiger partial charge on any atom is 0.255 e. The van der Waals surface area contributed by atoms with Gasteiger partial charge in [-0.1, -0.05) is 18.8 Å². The van der Waals surface area contributed by atoms with Gasteiger partial charge in [0.25, 0.3) is 5.91 Å². The SMILES string of the molecule is CNC(=O)C(C)CN(C)C(=O)c1cncc(C#CCO)c1. The van der Waals surface area contributed by atoms with Crippen molar-refractivity contribution in [3.05, 3.63) is 29.6 Å². The summed E-state index contributed by atoms with van der Waals surface area (Å²) >= 11 is 0. The number of carbonyl (C=O) groups excluding carboxylic acids is 2. The highest BCUT2D eigenvalue weighted by atomic mass is 16.2. The van der Waals surface area contributed by atoms with E-state index in [0.29, 0.717) is 17.7 Å². The zero-order valence-corrected chi connectivity index (χ0v) is 12.4. The Morgan fingerprint density at radius 2 is 2.19 bits per heavy atom. The minimum absolute atomic E-state index is 0.115. The minimum Gasteiger partial charge on any atom is -0.384 e. The molecule has 0 aliphatic rings. The Labute approximate surface area is 124 Å². The Morgan fingerprint density at radius 3 is 2.81 bits per heavy atom. The molecule has 1 heterocycles. The van der Waals surface area contributed by atoms with Gasteiger partial charge in [-0.05, 0) is 6.07 Å². The van der Waals surface area contributed by atoms with E-state index in [2.05, 4.69) is 22.1 Å². The van der Waals surface area contributed by atoms with Crippen molar-refractivity contribution in [1.82, 2.24) is 15.2 Å². The van der Waals surface area contributed by atoms with E-state index in [1.807, 2.05) is 0 Å². The number of carbonyl (C=O) groups is 2. The first kappa shape index (κ1) is 16.7. The van der Waals surface area contributed by atoms with E-state index in [0.717, 1.165) is 0 Å². The van der Waals surface area contributed by atoms with Gasteiger partial charge in [-0.25, -0.2) is 0 Å². The minimum atomic E-state index is -0.297. The third-order valence-corrected chi connectivity index (χ3v) is 2.89. The van der Waals surface area contributed by atoms with E-state index in [1.54, 1.807) is 27.1 Å². The summed E-state index contributed by atoms with van der Waals surface area (Å²) in [5, 5.41) is 11.2. The molecule has 1 atom stereocenters. The lowest BCUT2D eigenvalue weighted by Crippen LogP contribution is -2.37. The highest BCUT2D eigenvalue weighted by Gasteiger charge is 2.18. The number of aliphatic hydroxyl groups is 1. The van der Waals surface area contributed by atoms with Crippen molar-refractivity contribution in [3.63, 3.8) is 0 Å². The number of rotatable bonds is 4. The molecule has 0 radical (unpaired) electrons. The molecular formula is C15H19N3O3. The summed E-state index contributed by atoms with van der Waals surface area (Å²) in [5.41, 5.74) is 0.953. The molecule has 6 nitrogen and oxygen atoms in total. The Balaban J connectivity index is 2.80. The zero-order chi connectivity index (χ0) is 15.8. The maximum absolute atomic E-state index is 12.3. The molecule has 21 heavy (non-hydrogen) atoms. The van der Waals surface area contributed by atoms with Gasteiger partial charge in [0, 0.05) is 38.6 Å². The first-order chi connectivity index (χ1) is 9.99. The molecule has 0 spiro atoms. The van der Waals surface area contributed by atoms with Gasteiger partial charge in [-0.3, -0.25) is 14.6 Å². The Bertz CT molecular complexity index is 575. The number of pyridine rings is 1. The fourth-order valence-electron chi connectivity index (χ4n) is 1.81. The van der Waals surface area contributed by atoms with Crippen molar-refractivity contribution in [2.45, 2.75) is 6.92 Å². The summed E-state index contributed by atoms with van der Waals surface area (Å²) in [6.07, 6.45) is 2.97. The predicted octanol–water partition coefficient (Wildman–Crippen LogP) is -0.121. The van der Waals surface area contributed by atoms with Gasteiger partial charge in [0.1, 0.15) is 6.61 Å². The summed E-state index contributed by atoms with van der Waals surface area (Å²) in [6, 6.07) is 1.61. The summed E-state index contributed by atoms with van der Waals surface area (Å²) < 4.78 is 0. The van der Waals surface area contributed by atoms with Crippen LogP contribution >= 0.6 is 0 Å². The van der Waals surface area contributed by atoms with Crippen LogP contribution in [-0.4, -0.2) is 54.1 Å².